The Kier molecular flexibility index (Phi) is 5.93. The van der Waals surface area contributed by atoms with Crippen molar-refractivity contribution < 1.29 is 13.2 Å². The van der Waals surface area contributed by atoms with Crippen molar-refractivity contribution in [2.75, 3.05) is 43.9 Å². The molecule has 1 aliphatic heterocycles. The van der Waals surface area contributed by atoms with Gasteiger partial charge in [-0.05, 0) is 31.0 Å². The van der Waals surface area contributed by atoms with Gasteiger partial charge in [0.1, 0.15) is 5.82 Å². The fraction of sp³-hybridized carbons (Fsp3) is 0.444. The molecular formula is C18H25N5O3S. The summed E-state index contributed by atoms with van der Waals surface area (Å²) in [5.74, 6) is 0.770. The first kappa shape index (κ1) is 19.5. The number of rotatable bonds is 6. The summed E-state index contributed by atoms with van der Waals surface area (Å²) in [4.78, 5) is 8.73. The summed E-state index contributed by atoms with van der Waals surface area (Å²) in [6, 6.07) is 6.87. The maximum Gasteiger partial charge on any atom is 0.243 e. The lowest BCUT2D eigenvalue weighted by atomic mass is 10.1. The average molecular weight is 391 g/mol. The molecule has 0 aliphatic carbocycles. The summed E-state index contributed by atoms with van der Waals surface area (Å²) in [6.07, 6.45) is 0.950. The topological polar surface area (TPSA) is 110 Å². The van der Waals surface area contributed by atoms with Gasteiger partial charge in [-0.1, -0.05) is 13.0 Å². The van der Waals surface area contributed by atoms with Gasteiger partial charge in [0.25, 0.3) is 0 Å². The second-order valence-corrected chi connectivity index (χ2v) is 8.35. The predicted molar refractivity (Wildman–Crippen MR) is 105 cm³/mol. The maximum absolute atomic E-state index is 13.0. The summed E-state index contributed by atoms with van der Waals surface area (Å²) >= 11 is 0. The molecule has 0 atom stereocenters. The fourth-order valence-corrected chi connectivity index (χ4v) is 4.36. The van der Waals surface area contributed by atoms with Gasteiger partial charge in [0.15, 0.2) is 0 Å². The molecule has 146 valence electrons. The van der Waals surface area contributed by atoms with Crippen LogP contribution in [0.4, 0.5) is 11.8 Å². The molecule has 0 saturated carbocycles. The number of aromatic nitrogens is 2. The van der Waals surface area contributed by atoms with Crippen molar-refractivity contribution in [3.63, 3.8) is 0 Å². The molecule has 0 amide bonds. The number of benzene rings is 1. The van der Waals surface area contributed by atoms with Gasteiger partial charge in [0.2, 0.25) is 16.0 Å². The van der Waals surface area contributed by atoms with E-state index in [1.165, 1.54) is 4.31 Å². The summed E-state index contributed by atoms with van der Waals surface area (Å²) in [6.45, 7) is 6.27. The summed E-state index contributed by atoms with van der Waals surface area (Å²) in [7, 11) is -3.58. The number of ether oxygens (including phenoxy) is 1. The van der Waals surface area contributed by atoms with E-state index in [9.17, 15) is 8.42 Å². The first-order valence-electron chi connectivity index (χ1n) is 8.99. The van der Waals surface area contributed by atoms with Gasteiger partial charge in [-0.15, -0.1) is 0 Å². The number of sulfonamides is 1. The Labute approximate surface area is 159 Å². The van der Waals surface area contributed by atoms with Crippen LogP contribution in [0.5, 0.6) is 0 Å². The van der Waals surface area contributed by atoms with Gasteiger partial charge in [-0.3, -0.25) is 0 Å². The van der Waals surface area contributed by atoms with Gasteiger partial charge < -0.3 is 15.8 Å². The van der Waals surface area contributed by atoms with Crippen molar-refractivity contribution in [3.8, 4) is 11.3 Å². The largest absolute Gasteiger partial charge is 0.379 e. The van der Waals surface area contributed by atoms with Crippen molar-refractivity contribution >= 4 is 21.8 Å². The molecule has 1 aliphatic rings. The van der Waals surface area contributed by atoms with Crippen LogP contribution in [-0.4, -0.2) is 55.5 Å². The van der Waals surface area contributed by atoms with Crippen molar-refractivity contribution in [1.82, 2.24) is 14.3 Å². The minimum Gasteiger partial charge on any atom is -0.379 e. The van der Waals surface area contributed by atoms with Gasteiger partial charge >= 0.3 is 0 Å². The highest BCUT2D eigenvalue weighted by molar-refractivity contribution is 7.89. The monoisotopic (exact) mass is 391 g/mol. The SMILES string of the molecule is CCCNc1cc(-c2cc(S(=O)(=O)N3CCOCC3)ccc2C)nc(N)n1. The standard InChI is InChI=1S/C18H25N5O3S/c1-3-6-20-17-12-16(21-18(19)22-17)15-11-14(5-4-13(15)2)27(24,25)23-7-9-26-10-8-23/h4-5,11-12H,3,6-10H2,1-2H3,(H3,19,20,21,22). The number of hydrogen-bond donors (Lipinski definition) is 2. The molecule has 0 bridgehead atoms. The van der Waals surface area contributed by atoms with E-state index in [1.807, 2.05) is 6.92 Å². The van der Waals surface area contributed by atoms with Crippen LogP contribution in [-0.2, 0) is 14.8 Å². The normalized spacial score (nSPS) is 15.6. The second-order valence-electron chi connectivity index (χ2n) is 6.42. The molecule has 2 aromatic rings. The van der Waals surface area contributed by atoms with Crippen molar-refractivity contribution in [2.45, 2.75) is 25.2 Å². The Hall–Kier alpha value is -2.23. The smallest absolute Gasteiger partial charge is 0.243 e. The molecule has 1 saturated heterocycles. The Morgan fingerprint density at radius 1 is 1.22 bits per heavy atom. The second kappa shape index (κ2) is 8.20. The van der Waals surface area contributed by atoms with Gasteiger partial charge in [0.05, 0.1) is 23.8 Å². The number of hydrogen-bond acceptors (Lipinski definition) is 7. The maximum atomic E-state index is 13.0. The van der Waals surface area contributed by atoms with E-state index in [0.717, 1.165) is 24.1 Å². The summed E-state index contributed by atoms with van der Waals surface area (Å²) < 4.78 is 32.6. The zero-order valence-corrected chi connectivity index (χ0v) is 16.4. The first-order valence-corrected chi connectivity index (χ1v) is 10.4. The van der Waals surface area contributed by atoms with Crippen LogP contribution in [0.2, 0.25) is 0 Å². The van der Waals surface area contributed by atoms with Crippen molar-refractivity contribution in [1.29, 1.82) is 0 Å². The number of morpholine rings is 1. The van der Waals surface area contributed by atoms with Crippen LogP contribution in [0.15, 0.2) is 29.2 Å². The van der Waals surface area contributed by atoms with Crippen LogP contribution in [0.3, 0.4) is 0 Å². The average Bonchev–Trinajstić information content (AvgIpc) is 2.67. The number of nitrogens with two attached hydrogens (primary N) is 1. The minimum absolute atomic E-state index is 0.145. The van der Waals surface area contributed by atoms with Crippen molar-refractivity contribution in [3.05, 3.63) is 29.8 Å². The van der Waals surface area contributed by atoms with E-state index < -0.39 is 10.0 Å². The van der Waals surface area contributed by atoms with Crippen LogP contribution >= 0.6 is 0 Å². The van der Waals surface area contributed by atoms with Crippen molar-refractivity contribution in [2.24, 2.45) is 0 Å². The van der Waals surface area contributed by atoms with Gasteiger partial charge in [0, 0.05) is 31.3 Å². The predicted octanol–water partition coefficient (Wildman–Crippen LogP) is 1.88. The zero-order chi connectivity index (χ0) is 19.4. The van der Waals surface area contributed by atoms with Gasteiger partial charge in [-0.2, -0.15) is 9.29 Å². The number of nitrogens with zero attached hydrogens (tertiary/aromatic N) is 3. The molecule has 3 N–H and O–H groups in total. The third kappa shape index (κ3) is 4.37. The zero-order valence-electron chi connectivity index (χ0n) is 15.6. The number of anilines is 2. The van der Waals surface area contributed by atoms with E-state index in [2.05, 4.69) is 22.2 Å². The molecule has 2 heterocycles. The molecule has 1 aromatic carbocycles. The first-order chi connectivity index (χ1) is 12.9. The quantitative estimate of drug-likeness (QED) is 0.773. The lowest BCUT2D eigenvalue weighted by molar-refractivity contribution is 0.0730. The van der Waals surface area contributed by atoms with E-state index >= 15 is 0 Å². The third-order valence-corrected chi connectivity index (χ3v) is 6.29. The molecular weight excluding hydrogens is 366 g/mol. The van der Waals surface area contributed by atoms with Gasteiger partial charge in [-0.25, -0.2) is 13.4 Å². The highest BCUT2D eigenvalue weighted by Crippen LogP contribution is 2.28. The molecule has 0 radical (unpaired) electrons. The van der Waals surface area contributed by atoms with Crippen LogP contribution in [0.25, 0.3) is 11.3 Å². The van der Waals surface area contributed by atoms with E-state index in [4.69, 9.17) is 10.5 Å². The molecule has 1 aromatic heterocycles. The number of aryl methyl sites for hydroxylation is 1. The van der Waals surface area contributed by atoms with Crippen LogP contribution < -0.4 is 11.1 Å². The van der Waals surface area contributed by atoms with Crippen LogP contribution in [0, 0.1) is 6.92 Å². The minimum atomic E-state index is -3.58. The lowest BCUT2D eigenvalue weighted by Crippen LogP contribution is -2.40. The molecule has 8 nitrogen and oxygen atoms in total. The Morgan fingerprint density at radius 2 is 1.96 bits per heavy atom. The van der Waals surface area contributed by atoms with E-state index in [1.54, 1.807) is 24.3 Å². The molecule has 9 heteroatoms. The highest BCUT2D eigenvalue weighted by Gasteiger charge is 2.27. The molecule has 0 unspecified atom stereocenters. The lowest BCUT2D eigenvalue weighted by Gasteiger charge is -2.26. The molecule has 27 heavy (non-hydrogen) atoms. The van der Waals surface area contributed by atoms with E-state index in [0.29, 0.717) is 37.8 Å². The third-order valence-electron chi connectivity index (χ3n) is 4.39. The Balaban J connectivity index is 2.00. The Morgan fingerprint density at radius 3 is 2.67 bits per heavy atom. The van der Waals surface area contributed by atoms with Crippen LogP contribution in [0.1, 0.15) is 18.9 Å². The molecule has 1 fully saturated rings. The number of nitrogen functional groups attached to an aromatic ring is 1. The number of nitrogens with one attached hydrogen (secondary N) is 1. The molecule has 0 spiro atoms. The fourth-order valence-electron chi connectivity index (χ4n) is 2.92. The highest BCUT2D eigenvalue weighted by atomic mass is 32.2. The van der Waals surface area contributed by atoms with E-state index in [-0.39, 0.29) is 10.8 Å². The summed E-state index contributed by atoms with van der Waals surface area (Å²) in [5, 5.41) is 3.19. The molecule has 3 rings (SSSR count). The summed E-state index contributed by atoms with van der Waals surface area (Å²) in [5.41, 5.74) is 8.08. The Bertz CT molecular complexity index is 911.